The van der Waals surface area contributed by atoms with Crippen molar-refractivity contribution in [1.29, 1.82) is 0 Å². The predicted molar refractivity (Wildman–Crippen MR) is 410 cm³/mol. The van der Waals surface area contributed by atoms with Crippen molar-refractivity contribution in [2.45, 2.75) is 214 Å². The number of carbonyl (C=O) groups is 5. The van der Waals surface area contributed by atoms with Gasteiger partial charge in [-0.15, -0.1) is 0 Å². The van der Waals surface area contributed by atoms with Crippen molar-refractivity contribution in [3.63, 3.8) is 0 Å². The Morgan fingerprint density at radius 1 is 0.314 bits per heavy atom. The van der Waals surface area contributed by atoms with Crippen LogP contribution in [0.3, 0.4) is 0 Å². The maximum atomic E-state index is 15.6. The fourth-order valence-electron chi connectivity index (χ4n) is 14.8. The summed E-state index contributed by atoms with van der Waals surface area (Å²) in [5, 5.41) is 4.00. The van der Waals surface area contributed by atoms with Crippen LogP contribution in [0.15, 0.2) is 187 Å². The van der Waals surface area contributed by atoms with E-state index in [1.807, 2.05) is 97.1 Å². The van der Waals surface area contributed by atoms with E-state index >= 15 is 9.59 Å². The standard InChI is InChI=1S/C85H103N3O30/c1-50(89)102-48-60-63(94-4)66(95-5)62(87-88-86)81(110-60)115-71-67(96-6)75(98-8)84(117-73(71)79(92)107-45-57-37-25-15-26-38-57)114-65-61(49-103-51(2)90)112-85(78(70(65)109-52(3)91)106-44-56-35-23-14-24-36-56)116-72-68(97-7)76(99-9)83(118-74(72)80(93)108-46-58-39-27-16-28-40-58)113-64-59(47-101-41-53-29-17-11-18-30-53)111-82(100-10)77(105-43-55-33-21-13-22-34-55)69(64)104-42-54-31-19-12-20-32-54/h11-40,59-78,81-85H,41-49H2,1-10H3/t59?,60?,61-,62?,63+,64+,65-,66-,67+,68?,69+,70?,71-,72+,73?,74-,75?,76?,77?,78?,81+,82-,83+,84-,85-/m1/s1. The molecule has 118 heavy (non-hydrogen) atoms. The predicted octanol–water partition coefficient (Wildman–Crippen LogP) is 8.08. The van der Waals surface area contributed by atoms with Gasteiger partial charge in [-0.1, -0.05) is 187 Å². The summed E-state index contributed by atoms with van der Waals surface area (Å²) in [5.74, 6) is -4.41. The molecule has 5 aliphatic heterocycles. The van der Waals surface area contributed by atoms with E-state index in [1.54, 1.807) is 84.9 Å². The molecule has 0 radical (unpaired) electrons. The zero-order valence-corrected chi connectivity index (χ0v) is 67.2. The Kier molecular flexibility index (Phi) is 34.7. The highest BCUT2D eigenvalue weighted by Gasteiger charge is 2.62. The smallest absolute Gasteiger partial charge is 0.338 e. The van der Waals surface area contributed by atoms with Crippen molar-refractivity contribution in [2.75, 3.05) is 69.6 Å². The van der Waals surface area contributed by atoms with Crippen molar-refractivity contribution in [2.24, 2.45) is 5.11 Å². The second-order valence-electron chi connectivity index (χ2n) is 28.2. The van der Waals surface area contributed by atoms with Crippen LogP contribution in [0.1, 0.15) is 54.2 Å². The number of nitrogens with zero attached hydrogens (tertiary/aromatic N) is 3. The highest BCUT2D eigenvalue weighted by molar-refractivity contribution is 5.76. The van der Waals surface area contributed by atoms with E-state index < -0.39 is 190 Å². The number of benzene rings is 6. The van der Waals surface area contributed by atoms with Crippen molar-refractivity contribution in [1.82, 2.24) is 0 Å². The number of hydrogen-bond acceptors (Lipinski definition) is 31. The number of rotatable bonds is 40. The molecule has 5 fully saturated rings. The molecule has 5 aliphatic rings. The third-order valence-electron chi connectivity index (χ3n) is 20.4. The van der Waals surface area contributed by atoms with Gasteiger partial charge in [-0.25, -0.2) is 9.59 Å². The van der Waals surface area contributed by atoms with Gasteiger partial charge in [0, 0.05) is 75.5 Å². The van der Waals surface area contributed by atoms with Gasteiger partial charge in [0.25, 0.3) is 0 Å². The van der Waals surface area contributed by atoms with Gasteiger partial charge in [-0.2, -0.15) is 0 Å². The number of esters is 5. The zero-order chi connectivity index (χ0) is 83.5. The molecule has 0 aliphatic carbocycles. The molecule has 0 spiro atoms. The number of hydrogen-bond donors (Lipinski definition) is 0. The van der Waals surface area contributed by atoms with Crippen molar-refractivity contribution >= 4 is 29.8 Å². The number of carbonyl (C=O) groups excluding carboxylic acids is 5. The fourth-order valence-corrected chi connectivity index (χ4v) is 14.8. The van der Waals surface area contributed by atoms with E-state index in [-0.39, 0.29) is 52.9 Å². The molecule has 5 saturated heterocycles. The Morgan fingerprint density at radius 3 is 1.03 bits per heavy atom. The summed E-state index contributed by atoms with van der Waals surface area (Å²) in [7, 11) is 9.49. The van der Waals surface area contributed by atoms with Crippen LogP contribution in [0, 0.1) is 0 Å². The first kappa shape index (κ1) is 90.0. The second-order valence-corrected chi connectivity index (χ2v) is 28.2. The molecule has 6 aromatic rings. The van der Waals surface area contributed by atoms with Crippen LogP contribution in [0.5, 0.6) is 0 Å². The van der Waals surface area contributed by atoms with Crippen LogP contribution in [-0.2, 0) is 182 Å². The van der Waals surface area contributed by atoms with Crippen LogP contribution in [0.2, 0.25) is 0 Å². The first-order chi connectivity index (χ1) is 57.5. The summed E-state index contributed by atoms with van der Waals surface area (Å²) >= 11 is 0. The van der Waals surface area contributed by atoms with Crippen molar-refractivity contribution in [3.8, 4) is 0 Å². The fraction of sp³-hybridized carbons (Fsp3) is 0.518. The maximum absolute atomic E-state index is 15.6. The SMILES string of the molecule is COC1C(OC)[C@H](O[C@H]2O[C@H](COC(C)=O)[C@@H](O[C@@H]3OC(C(=O)OCc4ccccc4)[C@H](O[C@@H]4OC(COC(C)=O)[C@H](OC)[C@H](OC)C4N=[N+]=[N-])[C@H](OC)C3OC)C(OC(C)=O)C2OCc2ccccc2)[C@H](C(=O)OCc2ccccc2)O[C@@H]1O[C@H]1C(COCc2ccccc2)O[C@@H](OC)C(OCc2ccccc2)[C@H]1OCc1ccccc1. The van der Waals surface area contributed by atoms with E-state index in [9.17, 15) is 19.9 Å². The molecule has 6 aromatic carbocycles. The number of methoxy groups -OCH3 is 7. The molecule has 0 bridgehead atoms. The topological polar surface area (TPSA) is 365 Å². The summed E-state index contributed by atoms with van der Waals surface area (Å²) in [6.07, 6.45) is -35.1. The van der Waals surface area contributed by atoms with Gasteiger partial charge < -0.3 is 118 Å². The molecule has 10 unspecified atom stereocenters. The molecule has 33 nitrogen and oxygen atoms in total. The Bertz CT molecular complexity index is 4080. The monoisotopic (exact) mass is 1650 g/mol. The highest BCUT2D eigenvalue weighted by atomic mass is 16.8. The summed E-state index contributed by atoms with van der Waals surface area (Å²) < 4.78 is 162. The van der Waals surface area contributed by atoms with Crippen LogP contribution >= 0.6 is 0 Å². The van der Waals surface area contributed by atoms with Crippen molar-refractivity contribution in [3.05, 3.63) is 226 Å². The lowest BCUT2D eigenvalue weighted by Crippen LogP contribution is -2.69. The minimum absolute atomic E-state index is 0.0449. The Hall–Kier alpha value is -8.82. The Balaban J connectivity index is 0.980. The van der Waals surface area contributed by atoms with Gasteiger partial charge in [-0.05, 0) is 38.9 Å². The lowest BCUT2D eigenvalue weighted by molar-refractivity contribution is -0.394. The second kappa shape index (κ2) is 45.5. The summed E-state index contributed by atoms with van der Waals surface area (Å²) in [4.78, 5) is 73.5. The average Bonchev–Trinajstić information content (AvgIpc) is 0.756. The van der Waals surface area contributed by atoms with Gasteiger partial charge in [0.15, 0.2) is 49.8 Å². The minimum Gasteiger partial charge on any atom is -0.463 e. The van der Waals surface area contributed by atoms with Crippen LogP contribution < -0.4 is 0 Å². The highest BCUT2D eigenvalue weighted by Crippen LogP contribution is 2.42. The zero-order valence-electron chi connectivity index (χ0n) is 67.2. The third kappa shape index (κ3) is 23.8. The molecular weight excluding hydrogens is 1540 g/mol. The molecular formula is C85H103N3O30. The summed E-state index contributed by atoms with van der Waals surface area (Å²) in [6.45, 7) is 1.78. The molecule has 33 heteroatoms. The van der Waals surface area contributed by atoms with Gasteiger partial charge in [0.1, 0.15) is 124 Å². The Morgan fingerprint density at radius 2 is 0.644 bits per heavy atom. The van der Waals surface area contributed by atoms with Gasteiger partial charge in [-0.3, -0.25) is 14.4 Å². The van der Waals surface area contributed by atoms with E-state index in [4.69, 9.17) is 118 Å². The van der Waals surface area contributed by atoms with E-state index in [2.05, 4.69) is 10.0 Å². The van der Waals surface area contributed by atoms with Crippen LogP contribution in [0.25, 0.3) is 10.4 Å². The van der Waals surface area contributed by atoms with Crippen LogP contribution in [-0.4, -0.2) is 253 Å². The van der Waals surface area contributed by atoms with Gasteiger partial charge in [0.2, 0.25) is 0 Å². The average molecular weight is 1650 g/mol. The molecule has 25 atom stereocenters. The first-order valence-corrected chi connectivity index (χ1v) is 38.5. The molecule has 0 N–H and O–H groups in total. The minimum atomic E-state index is -1.90. The number of ether oxygens (including phenoxy) is 25. The first-order valence-electron chi connectivity index (χ1n) is 38.5. The quantitative estimate of drug-likeness (QED) is 0.0115. The molecule has 5 heterocycles. The van der Waals surface area contributed by atoms with Crippen molar-refractivity contribution < 1.29 is 142 Å². The Labute approximate surface area is 683 Å². The summed E-state index contributed by atoms with van der Waals surface area (Å²) in [5.41, 5.74) is 14.3. The van der Waals surface area contributed by atoms with Gasteiger partial charge in [0.05, 0.1) is 39.1 Å². The largest absolute Gasteiger partial charge is 0.463 e. The molecule has 0 saturated carbocycles. The normalized spacial score (nSPS) is 30.8. The van der Waals surface area contributed by atoms with E-state index in [0.717, 1.165) is 30.5 Å². The molecule has 0 aromatic heterocycles. The number of azide groups is 1. The molecule has 11 rings (SSSR count). The molecule has 0 amide bonds. The van der Waals surface area contributed by atoms with Crippen LogP contribution in [0.4, 0.5) is 0 Å². The maximum Gasteiger partial charge on any atom is 0.338 e. The third-order valence-corrected chi connectivity index (χ3v) is 20.4. The van der Waals surface area contributed by atoms with Gasteiger partial charge >= 0.3 is 29.8 Å². The lowest BCUT2D eigenvalue weighted by atomic mass is 9.94. The van der Waals surface area contributed by atoms with E-state index in [1.165, 1.54) is 56.7 Å². The lowest BCUT2D eigenvalue weighted by Gasteiger charge is -2.51. The van der Waals surface area contributed by atoms with E-state index in [0.29, 0.717) is 16.7 Å². The summed E-state index contributed by atoms with van der Waals surface area (Å²) in [6, 6.07) is 53.7. The molecule has 638 valence electrons.